The number of hydrogen-bond acceptors (Lipinski definition) is 4. The molecule has 5 heteroatoms. The van der Waals surface area contributed by atoms with Crippen LogP contribution in [-0.2, 0) is 4.74 Å². The van der Waals surface area contributed by atoms with E-state index in [4.69, 9.17) is 4.74 Å². The summed E-state index contributed by atoms with van der Waals surface area (Å²) in [5.41, 5.74) is 4.95. The number of esters is 1. The maximum Gasteiger partial charge on any atom is 0.348 e. The van der Waals surface area contributed by atoms with Crippen LogP contribution in [0, 0.1) is 6.92 Å². The van der Waals surface area contributed by atoms with Crippen LogP contribution in [-0.4, -0.2) is 22.2 Å². The van der Waals surface area contributed by atoms with E-state index in [0.29, 0.717) is 11.5 Å². The Labute approximate surface area is 162 Å². The number of nitrogens with zero attached hydrogens (tertiary/aromatic N) is 2. The van der Waals surface area contributed by atoms with Crippen molar-refractivity contribution in [1.82, 2.24) is 9.61 Å². The highest BCUT2D eigenvalue weighted by Gasteiger charge is 2.22. The van der Waals surface area contributed by atoms with Gasteiger partial charge < -0.3 is 4.74 Å². The van der Waals surface area contributed by atoms with Crippen LogP contribution >= 0.6 is 11.3 Å². The molecule has 0 spiro atoms. The van der Waals surface area contributed by atoms with E-state index in [2.05, 4.69) is 11.2 Å². The normalized spacial score (nSPS) is 11.0. The monoisotopic (exact) mass is 376 g/mol. The lowest BCUT2D eigenvalue weighted by Crippen LogP contribution is -2.04. The maximum absolute atomic E-state index is 12.7. The van der Waals surface area contributed by atoms with Crippen molar-refractivity contribution in [3.8, 4) is 21.6 Å². The van der Waals surface area contributed by atoms with Gasteiger partial charge in [-0.1, -0.05) is 43.3 Å². The summed E-state index contributed by atoms with van der Waals surface area (Å²) in [5, 5.41) is 4.60. The molecule has 4 rings (SSSR count). The van der Waals surface area contributed by atoms with Gasteiger partial charge in [-0.3, -0.25) is 0 Å². The first kappa shape index (κ1) is 17.5. The molecule has 0 atom stereocenters. The first-order chi connectivity index (χ1) is 13.2. The quantitative estimate of drug-likeness (QED) is 0.426. The lowest BCUT2D eigenvalue weighted by molar-refractivity contribution is 0.0511. The van der Waals surface area contributed by atoms with Gasteiger partial charge in [0.2, 0.25) is 0 Å². The van der Waals surface area contributed by atoms with Gasteiger partial charge in [0.05, 0.1) is 17.8 Å². The molecule has 3 heterocycles. The minimum absolute atomic E-state index is 0.263. The molecule has 0 unspecified atom stereocenters. The zero-order valence-corrected chi connectivity index (χ0v) is 16.1. The Morgan fingerprint density at radius 3 is 2.70 bits per heavy atom. The molecule has 1 aromatic carbocycles. The third-order valence-electron chi connectivity index (χ3n) is 4.40. The van der Waals surface area contributed by atoms with Crippen LogP contribution in [0.15, 0.2) is 60.8 Å². The fourth-order valence-electron chi connectivity index (χ4n) is 3.18. The molecule has 0 radical (unpaired) electrons. The van der Waals surface area contributed by atoms with Gasteiger partial charge in [-0.05, 0) is 37.1 Å². The third kappa shape index (κ3) is 3.26. The predicted molar refractivity (Wildman–Crippen MR) is 109 cm³/mol. The Hall–Kier alpha value is -2.92. The van der Waals surface area contributed by atoms with E-state index in [1.54, 1.807) is 0 Å². The topological polar surface area (TPSA) is 43.6 Å². The summed E-state index contributed by atoms with van der Waals surface area (Å²) in [5.74, 6) is -0.263. The molecule has 27 heavy (non-hydrogen) atoms. The molecular formula is C22H20N2O2S. The van der Waals surface area contributed by atoms with E-state index in [1.807, 2.05) is 73.1 Å². The Morgan fingerprint density at radius 1 is 1.15 bits per heavy atom. The van der Waals surface area contributed by atoms with Crippen molar-refractivity contribution in [2.45, 2.75) is 20.3 Å². The van der Waals surface area contributed by atoms with E-state index in [0.717, 1.165) is 39.2 Å². The molecular weight excluding hydrogens is 356 g/mol. The second kappa shape index (κ2) is 7.37. The largest absolute Gasteiger partial charge is 0.462 e. The van der Waals surface area contributed by atoms with Crippen molar-refractivity contribution < 1.29 is 9.53 Å². The second-order valence-corrected chi connectivity index (χ2v) is 7.40. The van der Waals surface area contributed by atoms with Gasteiger partial charge in [0.15, 0.2) is 0 Å². The number of carbonyl (C=O) groups is 1. The van der Waals surface area contributed by atoms with Gasteiger partial charge in [-0.15, -0.1) is 11.3 Å². The Kier molecular flexibility index (Phi) is 4.77. The average Bonchev–Trinajstić information content (AvgIpc) is 3.27. The summed E-state index contributed by atoms with van der Waals surface area (Å²) in [6, 6.07) is 18.1. The molecule has 0 aliphatic rings. The predicted octanol–water partition coefficient (Wildman–Crippen LogP) is 5.61. The fourth-order valence-corrected chi connectivity index (χ4v) is 4.36. The highest BCUT2D eigenvalue weighted by Crippen LogP contribution is 2.40. The first-order valence-electron chi connectivity index (χ1n) is 8.99. The van der Waals surface area contributed by atoms with Crippen molar-refractivity contribution in [3.05, 3.63) is 71.4 Å². The summed E-state index contributed by atoms with van der Waals surface area (Å²) in [7, 11) is 0. The molecule has 4 nitrogen and oxygen atoms in total. The van der Waals surface area contributed by atoms with Gasteiger partial charge >= 0.3 is 5.97 Å². The minimum atomic E-state index is -0.263. The Bertz CT molecular complexity index is 1100. The van der Waals surface area contributed by atoms with Crippen molar-refractivity contribution in [3.63, 3.8) is 0 Å². The minimum Gasteiger partial charge on any atom is -0.462 e. The molecule has 4 aromatic rings. The molecule has 0 saturated carbocycles. The van der Waals surface area contributed by atoms with Gasteiger partial charge in [-0.2, -0.15) is 5.10 Å². The van der Waals surface area contributed by atoms with Gasteiger partial charge in [0.1, 0.15) is 4.88 Å². The number of aromatic nitrogens is 2. The van der Waals surface area contributed by atoms with Crippen LogP contribution in [0.4, 0.5) is 0 Å². The zero-order valence-electron chi connectivity index (χ0n) is 15.3. The van der Waals surface area contributed by atoms with Gasteiger partial charge in [0, 0.05) is 22.2 Å². The lowest BCUT2D eigenvalue weighted by atomic mass is 10.0. The molecule has 3 aromatic heterocycles. The van der Waals surface area contributed by atoms with Gasteiger partial charge in [-0.25, -0.2) is 9.31 Å². The molecule has 0 aliphatic carbocycles. The molecule has 136 valence electrons. The molecule has 0 N–H and O–H groups in total. The Balaban J connectivity index is 1.88. The van der Waals surface area contributed by atoms with Crippen LogP contribution < -0.4 is 0 Å². The SMILES string of the molecule is CCCOC(=O)c1sc(-c2c(C)nn3ccccc23)cc1-c1ccccc1. The summed E-state index contributed by atoms with van der Waals surface area (Å²) < 4.78 is 7.32. The van der Waals surface area contributed by atoms with Crippen molar-refractivity contribution in [2.75, 3.05) is 6.61 Å². The average molecular weight is 376 g/mol. The number of rotatable bonds is 5. The van der Waals surface area contributed by atoms with Crippen LogP contribution in [0.2, 0.25) is 0 Å². The molecule has 0 aliphatic heterocycles. The van der Waals surface area contributed by atoms with Crippen LogP contribution in [0.1, 0.15) is 28.7 Å². The summed E-state index contributed by atoms with van der Waals surface area (Å²) >= 11 is 1.47. The summed E-state index contributed by atoms with van der Waals surface area (Å²) in [6.45, 7) is 4.42. The second-order valence-electron chi connectivity index (χ2n) is 6.35. The number of thiophene rings is 1. The number of aryl methyl sites for hydroxylation is 1. The number of hydrogen-bond donors (Lipinski definition) is 0. The molecule has 0 fully saturated rings. The lowest BCUT2D eigenvalue weighted by Gasteiger charge is -2.04. The summed E-state index contributed by atoms with van der Waals surface area (Å²) in [4.78, 5) is 14.4. The highest BCUT2D eigenvalue weighted by atomic mass is 32.1. The smallest absolute Gasteiger partial charge is 0.348 e. The molecule has 0 bridgehead atoms. The van der Waals surface area contributed by atoms with Crippen LogP contribution in [0.3, 0.4) is 0 Å². The van der Waals surface area contributed by atoms with Crippen molar-refractivity contribution >= 4 is 22.8 Å². The van der Waals surface area contributed by atoms with E-state index in [-0.39, 0.29) is 5.97 Å². The number of pyridine rings is 1. The van der Waals surface area contributed by atoms with E-state index in [9.17, 15) is 4.79 Å². The molecule has 0 amide bonds. The zero-order chi connectivity index (χ0) is 18.8. The highest BCUT2D eigenvalue weighted by molar-refractivity contribution is 7.18. The number of fused-ring (bicyclic) bond motifs is 1. The van der Waals surface area contributed by atoms with Crippen LogP contribution in [0.5, 0.6) is 0 Å². The van der Waals surface area contributed by atoms with E-state index >= 15 is 0 Å². The molecule has 0 saturated heterocycles. The maximum atomic E-state index is 12.7. The third-order valence-corrected chi connectivity index (χ3v) is 5.53. The standard InChI is InChI=1S/C22H20N2O2S/c1-3-13-26-22(25)21-17(16-9-5-4-6-10-16)14-19(27-21)20-15(2)23-24-12-8-7-11-18(20)24/h4-12,14H,3,13H2,1-2H3. The number of ether oxygens (including phenoxy) is 1. The van der Waals surface area contributed by atoms with E-state index in [1.165, 1.54) is 11.3 Å². The number of carbonyl (C=O) groups excluding carboxylic acids is 1. The Morgan fingerprint density at radius 2 is 1.93 bits per heavy atom. The van der Waals surface area contributed by atoms with Gasteiger partial charge in [0.25, 0.3) is 0 Å². The fraction of sp³-hybridized carbons (Fsp3) is 0.182. The van der Waals surface area contributed by atoms with Crippen molar-refractivity contribution in [2.24, 2.45) is 0 Å². The first-order valence-corrected chi connectivity index (χ1v) is 9.81. The van der Waals surface area contributed by atoms with Crippen molar-refractivity contribution in [1.29, 1.82) is 0 Å². The summed E-state index contributed by atoms with van der Waals surface area (Å²) in [6.07, 6.45) is 2.74. The number of benzene rings is 1. The van der Waals surface area contributed by atoms with E-state index < -0.39 is 0 Å². The van der Waals surface area contributed by atoms with Crippen LogP contribution in [0.25, 0.3) is 27.1 Å².